The van der Waals surface area contributed by atoms with Crippen LogP contribution in [0.15, 0.2) is 53.4 Å². The fraction of sp³-hybridized carbons (Fsp3) is 0.0769. The molecule has 0 atom stereocenters. The predicted molar refractivity (Wildman–Crippen MR) is 75.4 cm³/mol. The molecule has 9 heteroatoms. The fourth-order valence-corrected chi connectivity index (χ4v) is 3.07. The Balaban J connectivity index is 2.40. The highest BCUT2D eigenvalue weighted by Crippen LogP contribution is 2.31. The van der Waals surface area contributed by atoms with Crippen molar-refractivity contribution in [1.29, 1.82) is 0 Å². The molecule has 0 saturated heterocycles. The third-order valence-corrected chi connectivity index (χ3v) is 4.22. The lowest BCUT2D eigenvalue weighted by atomic mass is 10.3. The molecular weight excluding hydrogens is 343 g/mol. The van der Waals surface area contributed by atoms with E-state index in [2.05, 4.69) is 9.46 Å². The van der Waals surface area contributed by atoms with E-state index < -0.39 is 27.0 Å². The number of rotatable bonds is 4. The van der Waals surface area contributed by atoms with E-state index in [1.165, 1.54) is 30.3 Å². The first-order valence-electron chi connectivity index (χ1n) is 5.81. The number of para-hydroxylation sites is 2. The number of ether oxygens (including phenoxy) is 1. The number of anilines is 1. The Morgan fingerprint density at radius 2 is 1.59 bits per heavy atom. The molecule has 0 bridgehead atoms. The summed E-state index contributed by atoms with van der Waals surface area (Å²) in [5.74, 6) is -0.824. The van der Waals surface area contributed by atoms with E-state index in [0.717, 1.165) is 12.1 Å². The Morgan fingerprint density at radius 3 is 2.23 bits per heavy atom. The number of hydrogen-bond acceptors (Lipinski definition) is 3. The molecular formula is C13H9ClF3NO3S. The molecule has 22 heavy (non-hydrogen) atoms. The van der Waals surface area contributed by atoms with E-state index in [1.54, 1.807) is 6.07 Å². The Hall–Kier alpha value is -1.93. The summed E-state index contributed by atoms with van der Waals surface area (Å²) < 4.78 is 67.4. The average molecular weight is 352 g/mol. The van der Waals surface area contributed by atoms with Crippen molar-refractivity contribution in [3.63, 3.8) is 0 Å². The van der Waals surface area contributed by atoms with Crippen molar-refractivity contribution in [2.24, 2.45) is 0 Å². The van der Waals surface area contributed by atoms with Crippen molar-refractivity contribution in [3.8, 4) is 5.75 Å². The molecule has 2 rings (SSSR count). The van der Waals surface area contributed by atoms with Gasteiger partial charge in [-0.3, -0.25) is 4.72 Å². The van der Waals surface area contributed by atoms with E-state index in [4.69, 9.17) is 11.6 Å². The van der Waals surface area contributed by atoms with Crippen molar-refractivity contribution in [2.75, 3.05) is 4.72 Å². The number of halogens is 4. The first kappa shape index (κ1) is 16.4. The molecule has 0 aliphatic rings. The monoisotopic (exact) mass is 351 g/mol. The number of nitrogens with one attached hydrogen (secondary N) is 1. The summed E-state index contributed by atoms with van der Waals surface area (Å²) in [6.45, 7) is 0. The summed E-state index contributed by atoms with van der Waals surface area (Å²) >= 11 is 5.83. The topological polar surface area (TPSA) is 55.4 Å². The quantitative estimate of drug-likeness (QED) is 0.904. The van der Waals surface area contributed by atoms with Crippen molar-refractivity contribution in [2.45, 2.75) is 11.3 Å². The van der Waals surface area contributed by atoms with Gasteiger partial charge in [0.05, 0.1) is 10.7 Å². The van der Waals surface area contributed by atoms with Crippen LogP contribution in [0.1, 0.15) is 0 Å². The molecule has 0 heterocycles. The predicted octanol–water partition coefficient (Wildman–Crippen LogP) is 4.04. The van der Waals surface area contributed by atoms with Gasteiger partial charge < -0.3 is 4.74 Å². The summed E-state index contributed by atoms with van der Waals surface area (Å²) in [5, 5.41) is 0.111. The summed E-state index contributed by atoms with van der Waals surface area (Å²) in [4.78, 5) is -0.646. The van der Waals surface area contributed by atoms with Crippen LogP contribution in [0, 0.1) is 0 Å². The summed E-state index contributed by atoms with van der Waals surface area (Å²) in [6, 6.07) is 10.4. The summed E-state index contributed by atoms with van der Waals surface area (Å²) in [6.07, 6.45) is -5.00. The lowest BCUT2D eigenvalue weighted by Gasteiger charge is -2.14. The normalized spacial score (nSPS) is 12.0. The van der Waals surface area contributed by atoms with E-state index >= 15 is 0 Å². The Bertz CT molecular complexity index is 778. The van der Waals surface area contributed by atoms with E-state index in [-0.39, 0.29) is 10.7 Å². The number of alkyl halides is 3. The molecule has 0 aliphatic carbocycles. The first-order chi connectivity index (χ1) is 10.2. The van der Waals surface area contributed by atoms with Gasteiger partial charge in [0.25, 0.3) is 10.0 Å². The lowest BCUT2D eigenvalue weighted by molar-refractivity contribution is -0.275. The molecule has 0 aliphatic heterocycles. The van der Waals surface area contributed by atoms with Gasteiger partial charge in [-0.15, -0.1) is 13.2 Å². The zero-order valence-electron chi connectivity index (χ0n) is 10.8. The lowest BCUT2D eigenvalue weighted by Crippen LogP contribution is -2.21. The minimum atomic E-state index is -5.00. The second kappa shape index (κ2) is 6.05. The van der Waals surface area contributed by atoms with Crippen LogP contribution < -0.4 is 9.46 Å². The van der Waals surface area contributed by atoms with Gasteiger partial charge in [0.1, 0.15) is 10.6 Å². The number of hydrogen-bond donors (Lipinski definition) is 1. The molecule has 2 aromatic rings. The minimum Gasteiger partial charge on any atom is -0.404 e. The van der Waals surface area contributed by atoms with Gasteiger partial charge in [0.2, 0.25) is 0 Å². The number of benzene rings is 2. The molecule has 0 spiro atoms. The van der Waals surface area contributed by atoms with Crippen molar-refractivity contribution in [3.05, 3.63) is 53.6 Å². The first-order valence-corrected chi connectivity index (χ1v) is 7.67. The fourth-order valence-electron chi connectivity index (χ4n) is 1.62. The molecule has 0 radical (unpaired) electrons. The van der Waals surface area contributed by atoms with Crippen LogP contribution in [-0.2, 0) is 10.0 Å². The van der Waals surface area contributed by atoms with Crippen LogP contribution in [0.5, 0.6) is 5.75 Å². The molecule has 1 N–H and O–H groups in total. The molecule has 0 unspecified atom stereocenters. The minimum absolute atomic E-state index is 0.0472. The van der Waals surface area contributed by atoms with Gasteiger partial charge in [-0.2, -0.15) is 0 Å². The maximum atomic E-state index is 12.3. The van der Waals surface area contributed by atoms with Crippen LogP contribution in [0.2, 0.25) is 5.02 Å². The van der Waals surface area contributed by atoms with Gasteiger partial charge in [-0.25, -0.2) is 8.42 Å². The van der Waals surface area contributed by atoms with Crippen LogP contribution in [0.3, 0.4) is 0 Å². The summed E-state index contributed by atoms with van der Waals surface area (Å²) in [7, 11) is -4.30. The molecule has 0 amide bonds. The Kier molecular flexibility index (Phi) is 4.52. The Labute approximate surface area is 129 Å². The molecule has 118 valence electrons. The van der Waals surface area contributed by atoms with Crippen molar-refractivity contribution >= 4 is 27.3 Å². The molecule has 0 fully saturated rings. The van der Waals surface area contributed by atoms with Crippen molar-refractivity contribution < 1.29 is 26.3 Å². The van der Waals surface area contributed by atoms with Gasteiger partial charge >= 0.3 is 6.36 Å². The highest BCUT2D eigenvalue weighted by atomic mass is 35.5. The highest BCUT2D eigenvalue weighted by molar-refractivity contribution is 7.92. The van der Waals surface area contributed by atoms with Crippen LogP contribution >= 0.6 is 11.6 Å². The second-order valence-corrected chi connectivity index (χ2v) is 6.14. The van der Waals surface area contributed by atoms with Gasteiger partial charge in [0, 0.05) is 0 Å². The highest BCUT2D eigenvalue weighted by Gasteiger charge is 2.34. The van der Waals surface area contributed by atoms with Gasteiger partial charge in [0.15, 0.2) is 0 Å². The maximum Gasteiger partial charge on any atom is 0.573 e. The van der Waals surface area contributed by atoms with Crippen LogP contribution in [-0.4, -0.2) is 14.8 Å². The maximum absolute atomic E-state index is 12.3. The van der Waals surface area contributed by atoms with E-state index in [1.807, 2.05) is 0 Å². The summed E-state index contributed by atoms with van der Waals surface area (Å²) in [5.41, 5.74) is 0.0472. The average Bonchev–Trinajstić information content (AvgIpc) is 2.40. The Morgan fingerprint density at radius 1 is 1.00 bits per heavy atom. The molecule has 0 saturated carbocycles. The van der Waals surface area contributed by atoms with E-state index in [0.29, 0.717) is 0 Å². The van der Waals surface area contributed by atoms with Crippen LogP contribution in [0.25, 0.3) is 0 Å². The second-order valence-electron chi connectivity index (χ2n) is 4.08. The largest absolute Gasteiger partial charge is 0.573 e. The third kappa shape index (κ3) is 4.05. The zero-order valence-corrected chi connectivity index (χ0v) is 12.3. The number of sulfonamides is 1. The van der Waals surface area contributed by atoms with Gasteiger partial charge in [-0.1, -0.05) is 35.9 Å². The molecule has 0 aromatic heterocycles. The van der Waals surface area contributed by atoms with Crippen LogP contribution in [0.4, 0.5) is 18.9 Å². The molecule has 4 nitrogen and oxygen atoms in total. The smallest absolute Gasteiger partial charge is 0.404 e. The van der Waals surface area contributed by atoms with Gasteiger partial charge in [-0.05, 0) is 24.3 Å². The zero-order chi connectivity index (χ0) is 16.4. The van der Waals surface area contributed by atoms with Crippen molar-refractivity contribution in [1.82, 2.24) is 0 Å². The molecule has 2 aromatic carbocycles. The SMILES string of the molecule is O=S(=O)(Nc1ccccc1Cl)c1ccccc1OC(F)(F)F. The standard InChI is InChI=1S/C13H9ClF3NO3S/c14-9-5-1-2-6-10(9)18-22(19,20)12-8-4-3-7-11(12)21-13(15,16)17/h1-8,18H. The third-order valence-electron chi connectivity index (χ3n) is 2.48. The van der Waals surface area contributed by atoms with E-state index in [9.17, 15) is 21.6 Å².